The summed E-state index contributed by atoms with van der Waals surface area (Å²) in [5, 5.41) is 10.9. The Hall–Kier alpha value is -1.29. The summed E-state index contributed by atoms with van der Waals surface area (Å²) in [7, 11) is 0. The molecule has 0 fully saturated rings. The maximum Gasteiger partial charge on any atom is 0.329 e. The lowest BCUT2D eigenvalue weighted by atomic mass is 10.2. The summed E-state index contributed by atoms with van der Waals surface area (Å²) in [5.74, 6) is 0.194. The van der Waals surface area contributed by atoms with E-state index in [0.29, 0.717) is 0 Å². The Labute approximate surface area is 93.0 Å². The summed E-state index contributed by atoms with van der Waals surface area (Å²) in [4.78, 5) is 10.2. The first kappa shape index (κ1) is 11.8. The van der Waals surface area contributed by atoms with Gasteiger partial charge in [-0.1, -0.05) is 17.7 Å². The van der Waals surface area contributed by atoms with E-state index >= 15 is 0 Å². The van der Waals surface area contributed by atoms with Gasteiger partial charge in [0.1, 0.15) is 10.6 Å². The Kier molecular flexibility index (Phi) is 3.19. The second kappa shape index (κ2) is 4.06. The van der Waals surface area contributed by atoms with Gasteiger partial charge in [0.25, 0.3) is 0 Å². The van der Waals surface area contributed by atoms with Crippen molar-refractivity contribution in [2.75, 3.05) is 0 Å². The summed E-state index contributed by atoms with van der Waals surface area (Å²) in [6.45, 7) is 5.45. The summed E-state index contributed by atoms with van der Waals surface area (Å²) in [6.07, 6.45) is 0. The van der Waals surface area contributed by atoms with E-state index in [-0.39, 0.29) is 16.5 Å². The van der Waals surface area contributed by atoms with Crippen LogP contribution < -0.4 is 4.74 Å². The van der Waals surface area contributed by atoms with Gasteiger partial charge in [0.05, 0.1) is 4.92 Å². The van der Waals surface area contributed by atoms with Crippen LogP contribution >= 0.6 is 11.6 Å². The van der Waals surface area contributed by atoms with Crippen LogP contribution in [-0.4, -0.2) is 10.5 Å². The van der Waals surface area contributed by atoms with Gasteiger partial charge in [0.2, 0.25) is 0 Å². The van der Waals surface area contributed by atoms with Crippen molar-refractivity contribution in [3.63, 3.8) is 0 Å². The Bertz CT molecular complexity index is 385. The molecule has 0 aliphatic carbocycles. The molecule has 0 spiro atoms. The number of ether oxygens (including phenoxy) is 1. The molecule has 0 bridgehead atoms. The molecule has 0 amide bonds. The van der Waals surface area contributed by atoms with Gasteiger partial charge in [-0.05, 0) is 32.9 Å². The van der Waals surface area contributed by atoms with Gasteiger partial charge in [0.15, 0.2) is 5.75 Å². The first-order valence-corrected chi connectivity index (χ1v) is 4.81. The molecule has 15 heavy (non-hydrogen) atoms. The van der Waals surface area contributed by atoms with Crippen molar-refractivity contribution in [1.82, 2.24) is 0 Å². The van der Waals surface area contributed by atoms with Crippen molar-refractivity contribution in [2.45, 2.75) is 26.4 Å². The summed E-state index contributed by atoms with van der Waals surface area (Å²) in [6, 6.07) is 4.63. The van der Waals surface area contributed by atoms with E-state index < -0.39 is 10.5 Å². The minimum Gasteiger partial charge on any atom is -0.481 e. The molecule has 0 aromatic heterocycles. The zero-order valence-electron chi connectivity index (χ0n) is 8.78. The molecule has 0 aliphatic rings. The maximum absolute atomic E-state index is 10.8. The Morgan fingerprint density at radius 1 is 1.40 bits per heavy atom. The third-order valence-corrected chi connectivity index (χ3v) is 1.85. The standard InChI is InChI=1S/C10H12ClNO3/c1-10(2,3)15-8-6-4-5-7(11)9(8)12(13)14/h4-6H,1-3H3. The van der Waals surface area contributed by atoms with Crippen LogP contribution in [0, 0.1) is 10.1 Å². The number of hydrogen-bond acceptors (Lipinski definition) is 3. The zero-order valence-corrected chi connectivity index (χ0v) is 9.54. The van der Waals surface area contributed by atoms with Crippen molar-refractivity contribution in [1.29, 1.82) is 0 Å². The fraction of sp³-hybridized carbons (Fsp3) is 0.400. The van der Waals surface area contributed by atoms with Gasteiger partial charge in [-0.2, -0.15) is 0 Å². The van der Waals surface area contributed by atoms with Crippen LogP contribution in [0.25, 0.3) is 0 Å². The normalized spacial score (nSPS) is 11.2. The Balaban J connectivity index is 3.18. The van der Waals surface area contributed by atoms with Crippen LogP contribution in [0.2, 0.25) is 5.02 Å². The number of halogens is 1. The maximum atomic E-state index is 10.8. The van der Waals surface area contributed by atoms with Crippen molar-refractivity contribution in [3.8, 4) is 5.75 Å². The molecule has 0 saturated heterocycles. The molecule has 0 aliphatic heterocycles. The van der Waals surface area contributed by atoms with Crippen molar-refractivity contribution in [2.24, 2.45) is 0 Å². The van der Waals surface area contributed by atoms with E-state index in [2.05, 4.69) is 0 Å². The van der Waals surface area contributed by atoms with Crippen LogP contribution in [0.1, 0.15) is 20.8 Å². The van der Waals surface area contributed by atoms with Gasteiger partial charge in [-0.15, -0.1) is 0 Å². The number of nitro groups is 1. The zero-order chi connectivity index (χ0) is 11.6. The first-order valence-electron chi connectivity index (χ1n) is 4.43. The Morgan fingerprint density at radius 3 is 2.47 bits per heavy atom. The van der Waals surface area contributed by atoms with E-state index in [1.165, 1.54) is 12.1 Å². The van der Waals surface area contributed by atoms with E-state index in [4.69, 9.17) is 16.3 Å². The average Bonchev–Trinajstić information content (AvgIpc) is 1.99. The molecule has 1 aromatic carbocycles. The molecule has 1 rings (SSSR count). The minimum atomic E-state index is -0.538. The molecule has 0 radical (unpaired) electrons. The van der Waals surface area contributed by atoms with Crippen molar-refractivity contribution in [3.05, 3.63) is 33.3 Å². The lowest BCUT2D eigenvalue weighted by Crippen LogP contribution is -2.23. The molecule has 0 saturated carbocycles. The molecular formula is C10H12ClNO3. The molecule has 82 valence electrons. The average molecular weight is 230 g/mol. The van der Waals surface area contributed by atoms with Crippen LogP contribution in [0.5, 0.6) is 5.75 Å². The highest BCUT2D eigenvalue weighted by atomic mass is 35.5. The summed E-state index contributed by atoms with van der Waals surface area (Å²) in [5.41, 5.74) is -0.677. The number of nitro benzene ring substituents is 1. The molecule has 0 atom stereocenters. The first-order chi connectivity index (χ1) is 6.81. The molecule has 4 nitrogen and oxygen atoms in total. The van der Waals surface area contributed by atoms with E-state index in [1.54, 1.807) is 6.07 Å². The quantitative estimate of drug-likeness (QED) is 0.577. The largest absolute Gasteiger partial charge is 0.481 e. The van der Waals surface area contributed by atoms with Gasteiger partial charge < -0.3 is 4.74 Å². The van der Waals surface area contributed by atoms with E-state index in [0.717, 1.165) is 0 Å². The smallest absolute Gasteiger partial charge is 0.329 e. The highest BCUT2D eigenvalue weighted by molar-refractivity contribution is 6.32. The van der Waals surface area contributed by atoms with Crippen molar-refractivity contribution < 1.29 is 9.66 Å². The SMILES string of the molecule is CC(C)(C)Oc1cccc(Cl)c1[N+](=O)[O-]. The number of para-hydroxylation sites is 1. The number of benzene rings is 1. The highest BCUT2D eigenvalue weighted by Crippen LogP contribution is 2.35. The second-order valence-electron chi connectivity index (χ2n) is 4.06. The lowest BCUT2D eigenvalue weighted by Gasteiger charge is -2.20. The third-order valence-electron chi connectivity index (χ3n) is 1.55. The van der Waals surface area contributed by atoms with Crippen LogP contribution in [0.3, 0.4) is 0 Å². The molecule has 5 heteroatoms. The van der Waals surface area contributed by atoms with Crippen LogP contribution in [0.4, 0.5) is 5.69 Å². The monoisotopic (exact) mass is 229 g/mol. The van der Waals surface area contributed by atoms with Gasteiger partial charge in [-0.25, -0.2) is 0 Å². The predicted molar refractivity (Wildman–Crippen MR) is 58.5 cm³/mol. The molecule has 0 heterocycles. The number of nitrogens with zero attached hydrogens (tertiary/aromatic N) is 1. The van der Waals surface area contributed by atoms with E-state index in [9.17, 15) is 10.1 Å². The van der Waals surface area contributed by atoms with Gasteiger partial charge in [0, 0.05) is 0 Å². The summed E-state index contributed by atoms with van der Waals surface area (Å²) < 4.78 is 5.45. The minimum absolute atomic E-state index is 0.0850. The highest BCUT2D eigenvalue weighted by Gasteiger charge is 2.23. The summed E-state index contributed by atoms with van der Waals surface area (Å²) >= 11 is 5.73. The van der Waals surface area contributed by atoms with Crippen LogP contribution in [0.15, 0.2) is 18.2 Å². The molecular weight excluding hydrogens is 218 g/mol. The number of rotatable bonds is 2. The predicted octanol–water partition coefficient (Wildman–Crippen LogP) is 3.43. The van der Waals surface area contributed by atoms with Gasteiger partial charge >= 0.3 is 5.69 Å². The molecule has 0 unspecified atom stereocenters. The molecule has 1 aromatic rings. The van der Waals surface area contributed by atoms with Crippen LogP contribution in [-0.2, 0) is 0 Å². The Morgan fingerprint density at radius 2 is 2.00 bits per heavy atom. The lowest BCUT2D eigenvalue weighted by molar-refractivity contribution is -0.386. The second-order valence-corrected chi connectivity index (χ2v) is 4.47. The van der Waals surface area contributed by atoms with E-state index in [1.807, 2.05) is 20.8 Å². The molecule has 0 N–H and O–H groups in total. The fourth-order valence-electron chi connectivity index (χ4n) is 1.08. The van der Waals surface area contributed by atoms with Gasteiger partial charge in [-0.3, -0.25) is 10.1 Å². The third kappa shape index (κ3) is 3.09. The van der Waals surface area contributed by atoms with Crippen molar-refractivity contribution >= 4 is 17.3 Å². The number of hydrogen-bond donors (Lipinski definition) is 0. The topological polar surface area (TPSA) is 52.4 Å². The fourth-order valence-corrected chi connectivity index (χ4v) is 1.32.